The van der Waals surface area contributed by atoms with E-state index in [2.05, 4.69) is 21.6 Å². The molecule has 0 N–H and O–H groups in total. The van der Waals surface area contributed by atoms with E-state index >= 15 is 0 Å². The van der Waals surface area contributed by atoms with Crippen LogP contribution in [0.5, 0.6) is 0 Å². The molecule has 1 heterocycles. The van der Waals surface area contributed by atoms with Gasteiger partial charge in [-0.3, -0.25) is 0 Å². The number of alkyl halides is 3. The van der Waals surface area contributed by atoms with Crippen LogP contribution >= 0.6 is 0 Å². The average Bonchev–Trinajstić information content (AvgIpc) is 2.76. The van der Waals surface area contributed by atoms with E-state index in [1.807, 2.05) is 0 Å². The van der Waals surface area contributed by atoms with Crippen LogP contribution in [0.3, 0.4) is 0 Å². The first-order chi connectivity index (χ1) is 9.85. The van der Waals surface area contributed by atoms with Crippen LogP contribution in [0.4, 0.5) is 13.2 Å². The Morgan fingerprint density at radius 2 is 2.19 bits per heavy atom. The number of esters is 1. The Morgan fingerprint density at radius 3 is 2.81 bits per heavy atom. The van der Waals surface area contributed by atoms with Crippen molar-refractivity contribution in [1.29, 1.82) is 0 Å². The predicted octanol–water partition coefficient (Wildman–Crippen LogP) is 1.90. The molecular formula is C12H16F3N3O3. The third-order valence-corrected chi connectivity index (χ3v) is 2.43. The van der Waals surface area contributed by atoms with Gasteiger partial charge in [0, 0.05) is 13.2 Å². The van der Waals surface area contributed by atoms with Crippen LogP contribution in [-0.4, -0.2) is 47.0 Å². The molecule has 0 amide bonds. The van der Waals surface area contributed by atoms with E-state index in [9.17, 15) is 18.0 Å². The lowest BCUT2D eigenvalue weighted by molar-refractivity contribution is -0.174. The van der Waals surface area contributed by atoms with Crippen LogP contribution in [0.2, 0.25) is 0 Å². The molecule has 118 valence electrons. The quantitative estimate of drug-likeness (QED) is 0.417. The molecule has 0 aliphatic carbocycles. The van der Waals surface area contributed by atoms with E-state index in [1.54, 1.807) is 6.92 Å². The van der Waals surface area contributed by atoms with Crippen molar-refractivity contribution < 1.29 is 27.4 Å². The van der Waals surface area contributed by atoms with Crippen LogP contribution in [0.15, 0.2) is 12.7 Å². The van der Waals surface area contributed by atoms with Gasteiger partial charge in [0.05, 0.1) is 5.69 Å². The first kappa shape index (κ1) is 17.2. The van der Waals surface area contributed by atoms with Gasteiger partial charge in [-0.15, -0.1) is 5.10 Å². The van der Waals surface area contributed by atoms with Crippen molar-refractivity contribution in [3.05, 3.63) is 24.0 Å². The van der Waals surface area contributed by atoms with E-state index in [1.165, 1.54) is 10.8 Å². The van der Waals surface area contributed by atoms with Gasteiger partial charge in [0.2, 0.25) is 0 Å². The first-order valence-corrected chi connectivity index (χ1v) is 6.17. The number of carbonyl (C=O) groups excluding carboxylic acids is 1. The average molecular weight is 307 g/mol. The van der Waals surface area contributed by atoms with Gasteiger partial charge < -0.3 is 9.47 Å². The van der Waals surface area contributed by atoms with Gasteiger partial charge in [-0.05, 0) is 13.3 Å². The summed E-state index contributed by atoms with van der Waals surface area (Å²) in [4.78, 5) is 11.6. The van der Waals surface area contributed by atoms with Crippen LogP contribution in [-0.2, 0) is 16.0 Å². The van der Waals surface area contributed by atoms with Crippen molar-refractivity contribution >= 4 is 5.97 Å². The topological polar surface area (TPSA) is 66.2 Å². The van der Waals surface area contributed by atoms with Crippen LogP contribution in [0.1, 0.15) is 22.6 Å². The number of rotatable bonds is 8. The normalized spacial score (nSPS) is 11.4. The highest BCUT2D eigenvalue weighted by molar-refractivity contribution is 5.88. The minimum Gasteiger partial charge on any atom is -0.457 e. The lowest BCUT2D eigenvalue weighted by Crippen LogP contribution is -2.18. The Hall–Kier alpha value is -1.90. The SMILES string of the molecule is C=CCOC(=O)c1nnn(CCCOCC(F)(F)F)c1C. The molecule has 0 fully saturated rings. The zero-order valence-electron chi connectivity index (χ0n) is 11.5. The maximum atomic E-state index is 11.9. The summed E-state index contributed by atoms with van der Waals surface area (Å²) in [6, 6.07) is 0. The molecule has 0 atom stereocenters. The van der Waals surface area contributed by atoms with Gasteiger partial charge in [-0.25, -0.2) is 9.48 Å². The summed E-state index contributed by atoms with van der Waals surface area (Å²) in [7, 11) is 0. The van der Waals surface area contributed by atoms with Crippen molar-refractivity contribution in [2.45, 2.75) is 26.1 Å². The van der Waals surface area contributed by atoms with E-state index in [-0.39, 0.29) is 18.9 Å². The number of carbonyl (C=O) groups is 1. The second-order valence-electron chi connectivity index (χ2n) is 4.16. The number of nitrogens with zero attached hydrogens (tertiary/aromatic N) is 3. The minimum absolute atomic E-state index is 0.0605. The molecular weight excluding hydrogens is 291 g/mol. The zero-order valence-corrected chi connectivity index (χ0v) is 11.5. The molecule has 0 bridgehead atoms. The fraction of sp³-hybridized carbons (Fsp3) is 0.583. The standard InChI is InChI=1S/C12H16F3N3O3/c1-3-6-21-11(19)10-9(2)18(17-16-10)5-4-7-20-8-12(13,14)15/h3H,1,4-8H2,2H3. The fourth-order valence-electron chi connectivity index (χ4n) is 1.47. The third-order valence-electron chi connectivity index (χ3n) is 2.43. The molecule has 0 aromatic carbocycles. The molecule has 1 aromatic rings. The van der Waals surface area contributed by atoms with Crippen LogP contribution < -0.4 is 0 Å². The third kappa shape index (κ3) is 5.94. The van der Waals surface area contributed by atoms with Crippen molar-refractivity contribution in [2.75, 3.05) is 19.8 Å². The van der Waals surface area contributed by atoms with Gasteiger partial charge >= 0.3 is 12.1 Å². The smallest absolute Gasteiger partial charge is 0.411 e. The summed E-state index contributed by atoms with van der Waals surface area (Å²) in [5.41, 5.74) is 0.563. The summed E-state index contributed by atoms with van der Waals surface area (Å²) in [6.07, 6.45) is -2.58. The molecule has 0 unspecified atom stereocenters. The summed E-state index contributed by atoms with van der Waals surface area (Å²) in [6.45, 7) is 4.07. The number of hydrogen-bond donors (Lipinski definition) is 0. The lowest BCUT2D eigenvalue weighted by Gasteiger charge is -2.07. The maximum absolute atomic E-state index is 11.9. The summed E-state index contributed by atoms with van der Waals surface area (Å²) >= 11 is 0. The van der Waals surface area contributed by atoms with Crippen LogP contribution in [0.25, 0.3) is 0 Å². The molecule has 0 radical (unpaired) electrons. The van der Waals surface area contributed by atoms with Gasteiger partial charge in [-0.2, -0.15) is 13.2 Å². The first-order valence-electron chi connectivity index (χ1n) is 6.17. The van der Waals surface area contributed by atoms with Gasteiger partial charge in [0.1, 0.15) is 13.2 Å². The molecule has 0 aliphatic rings. The molecule has 6 nitrogen and oxygen atoms in total. The molecule has 9 heteroatoms. The Bertz CT molecular complexity index is 486. The van der Waals surface area contributed by atoms with E-state index in [0.29, 0.717) is 18.7 Å². The zero-order chi connectivity index (χ0) is 15.9. The van der Waals surface area contributed by atoms with Crippen LogP contribution in [0, 0.1) is 6.92 Å². The Kier molecular flexibility index (Phi) is 6.35. The number of aryl methyl sites for hydroxylation is 1. The molecule has 0 saturated heterocycles. The van der Waals surface area contributed by atoms with Gasteiger partial charge in [0.25, 0.3) is 0 Å². The van der Waals surface area contributed by atoms with Crippen molar-refractivity contribution in [2.24, 2.45) is 0 Å². The summed E-state index contributed by atoms with van der Waals surface area (Å²) < 4.78 is 46.3. The Balaban J connectivity index is 2.41. The van der Waals surface area contributed by atoms with E-state index in [4.69, 9.17) is 4.74 Å². The maximum Gasteiger partial charge on any atom is 0.411 e. The number of hydrogen-bond acceptors (Lipinski definition) is 5. The molecule has 21 heavy (non-hydrogen) atoms. The summed E-state index contributed by atoms with van der Waals surface area (Å²) in [5, 5.41) is 7.44. The van der Waals surface area contributed by atoms with Crippen molar-refractivity contribution in [1.82, 2.24) is 15.0 Å². The van der Waals surface area contributed by atoms with E-state index < -0.39 is 18.8 Å². The molecule has 1 rings (SSSR count). The molecule has 1 aromatic heterocycles. The van der Waals surface area contributed by atoms with Gasteiger partial charge in [-0.1, -0.05) is 17.9 Å². The Morgan fingerprint density at radius 1 is 1.48 bits per heavy atom. The second-order valence-corrected chi connectivity index (χ2v) is 4.16. The number of ether oxygens (including phenoxy) is 2. The predicted molar refractivity (Wildman–Crippen MR) is 66.7 cm³/mol. The second kappa shape index (κ2) is 7.77. The lowest BCUT2D eigenvalue weighted by atomic mass is 10.3. The monoisotopic (exact) mass is 307 g/mol. The number of halogens is 3. The molecule has 0 aliphatic heterocycles. The van der Waals surface area contributed by atoms with Crippen molar-refractivity contribution in [3.63, 3.8) is 0 Å². The highest BCUT2D eigenvalue weighted by Gasteiger charge is 2.27. The highest BCUT2D eigenvalue weighted by Crippen LogP contribution is 2.14. The van der Waals surface area contributed by atoms with Gasteiger partial charge in [0.15, 0.2) is 5.69 Å². The largest absolute Gasteiger partial charge is 0.457 e. The summed E-state index contributed by atoms with van der Waals surface area (Å²) in [5.74, 6) is -0.619. The molecule has 0 saturated carbocycles. The number of aromatic nitrogens is 3. The minimum atomic E-state index is -4.33. The van der Waals surface area contributed by atoms with E-state index in [0.717, 1.165) is 0 Å². The fourth-order valence-corrected chi connectivity index (χ4v) is 1.47. The highest BCUT2D eigenvalue weighted by atomic mass is 19.4. The Labute approximate surface area is 119 Å². The molecule has 0 spiro atoms. The van der Waals surface area contributed by atoms with Crippen molar-refractivity contribution in [3.8, 4) is 0 Å².